The number of rotatable bonds is 0. The molecule has 0 heterocycles. The van der Waals surface area contributed by atoms with Crippen LogP contribution in [0.25, 0.3) is 0 Å². The molecular weight excluding hydrogens is 287 g/mol. The Kier molecular flexibility index (Phi) is 10.1. The van der Waals surface area contributed by atoms with Crippen molar-refractivity contribution < 1.29 is 53.7 Å². The minimum atomic E-state index is -5.03. The van der Waals surface area contributed by atoms with Crippen molar-refractivity contribution in [1.29, 1.82) is 0 Å². The van der Waals surface area contributed by atoms with Gasteiger partial charge in [-0.2, -0.15) is 0 Å². The van der Waals surface area contributed by atoms with E-state index < -0.39 is 24.7 Å². The summed E-state index contributed by atoms with van der Waals surface area (Å²) in [4.78, 5) is 0. The molecule has 0 atom stereocenters. The summed E-state index contributed by atoms with van der Waals surface area (Å²) < 4.78 is 53.5. The molecule has 7 nitrogen and oxygen atoms in total. The third-order valence-corrected chi connectivity index (χ3v) is 0. The van der Waals surface area contributed by atoms with E-state index in [2.05, 4.69) is 20.1 Å². The quantitative estimate of drug-likeness (QED) is 0.475. The third-order valence-electron chi connectivity index (χ3n) is 0. The monoisotopic (exact) mass is 290 g/mol. The Morgan fingerprint density at radius 2 is 0.818 bits per heavy atom. The molecule has 0 aromatic heterocycles. The van der Waals surface area contributed by atoms with Crippen LogP contribution in [0.5, 0.6) is 0 Å². The van der Waals surface area contributed by atoms with Crippen LogP contribution in [0.1, 0.15) is 0 Å². The van der Waals surface area contributed by atoms with Gasteiger partial charge in [-0.1, -0.05) is 0 Å². The van der Waals surface area contributed by atoms with Crippen LogP contribution in [0, 0.1) is 0 Å². The molecule has 0 aromatic carbocycles. The topological polar surface area (TPSA) is 149 Å². The molecule has 72 valence electrons. The van der Waals surface area contributed by atoms with Crippen molar-refractivity contribution in [2.75, 3.05) is 0 Å². The average molecular weight is 291 g/mol. The van der Waals surface area contributed by atoms with Crippen molar-refractivity contribution in [2.45, 2.75) is 0 Å². The van der Waals surface area contributed by atoms with Gasteiger partial charge in [-0.15, -0.1) is 0 Å². The van der Waals surface area contributed by atoms with Crippen LogP contribution in [-0.2, 0) is 45.4 Å². The minimum absolute atomic E-state index is 0. The zero-order chi connectivity index (χ0) is 9.00. The van der Waals surface area contributed by atoms with Crippen molar-refractivity contribution in [3.63, 3.8) is 0 Å². The van der Waals surface area contributed by atoms with Crippen LogP contribution in [-0.4, -0.2) is 0 Å². The average Bonchev–Trinajstić information content (AvgIpc) is 1.12. The van der Waals surface area contributed by atoms with Crippen LogP contribution in [0.3, 0.4) is 0 Å². The van der Waals surface area contributed by atoms with Gasteiger partial charge in [0.25, 0.3) is 0 Å². The molecule has 11 heavy (non-hydrogen) atoms. The summed E-state index contributed by atoms with van der Waals surface area (Å²) in [5.74, 6) is 0. The molecule has 0 bridgehead atoms. The van der Waals surface area contributed by atoms with Gasteiger partial charge in [0.2, 0.25) is 0 Å². The molecular formula is H4Cl2Cr2O7. The predicted molar refractivity (Wildman–Crippen MR) is 20.7 cm³/mol. The standard InChI is InChI=1S/2ClH.2Cr.H4O.6O/h2*1H;;;1H4;;;;;;/q;;2*+1;+2;;;;;2*-1/p-2. The maximum atomic E-state index is 8.91. The zero-order valence-electron chi connectivity index (χ0n) is 4.73. The number of hydrogen-bond acceptors (Lipinski definition) is 6. The van der Waals surface area contributed by atoms with Gasteiger partial charge in [0.05, 0.1) is 0 Å². The molecule has 0 rings (SSSR count). The van der Waals surface area contributed by atoms with Crippen LogP contribution in [0.2, 0.25) is 0 Å². The maximum absolute atomic E-state index is 8.91. The molecule has 0 spiro atoms. The summed E-state index contributed by atoms with van der Waals surface area (Å²) in [6.07, 6.45) is 0. The van der Waals surface area contributed by atoms with Crippen molar-refractivity contribution in [3.05, 3.63) is 0 Å². The summed E-state index contributed by atoms with van der Waals surface area (Å²) in [5, 5.41) is 0. The molecule has 0 amide bonds. The first-order valence-corrected chi connectivity index (χ1v) is 7.94. The number of halogens is 2. The van der Waals surface area contributed by atoms with Gasteiger partial charge >= 0.3 is 68.3 Å². The zero-order valence-corrected chi connectivity index (χ0v) is 8.79. The molecule has 0 aromatic rings. The van der Waals surface area contributed by atoms with Gasteiger partial charge < -0.3 is 5.48 Å². The van der Waals surface area contributed by atoms with E-state index >= 15 is 0 Å². The van der Waals surface area contributed by atoms with E-state index in [1.54, 1.807) is 0 Å². The van der Waals surface area contributed by atoms with E-state index in [1.807, 2.05) is 0 Å². The fraction of sp³-hybridized carbons (Fsp3) is 0. The van der Waals surface area contributed by atoms with Gasteiger partial charge in [-0.05, 0) is 0 Å². The summed E-state index contributed by atoms with van der Waals surface area (Å²) in [7, 11) is 8.04. The van der Waals surface area contributed by atoms with E-state index in [0.717, 1.165) is 0 Å². The first kappa shape index (κ1) is 17.7. The fourth-order valence-electron chi connectivity index (χ4n) is 0. The first-order valence-electron chi connectivity index (χ1n) is 1.31. The second-order valence-electron chi connectivity index (χ2n) is 0.786. The van der Waals surface area contributed by atoms with E-state index in [1.165, 1.54) is 0 Å². The van der Waals surface area contributed by atoms with Gasteiger partial charge in [0.1, 0.15) is 0 Å². The third kappa shape index (κ3) is 1550. The normalized spacial score (nSPS) is 10.5. The number of hydrogen-bond donors (Lipinski definition) is 0. The molecule has 0 aliphatic rings. The Morgan fingerprint density at radius 3 is 0.818 bits per heavy atom. The second kappa shape index (κ2) is 6.26. The SMILES string of the molecule is [OH4+2].[O]=[Cr](=[O])([O-])[Cl].[O]=[Cr](=[O])([O-])[Cl]. The van der Waals surface area contributed by atoms with E-state index in [-0.39, 0.29) is 5.48 Å². The van der Waals surface area contributed by atoms with Gasteiger partial charge in [-0.3, -0.25) is 0 Å². The molecule has 0 aliphatic heterocycles. The summed E-state index contributed by atoms with van der Waals surface area (Å²) in [5.41, 5.74) is 0. The molecule has 0 saturated carbocycles. The molecule has 0 radical (unpaired) electrons. The van der Waals surface area contributed by atoms with Crippen molar-refractivity contribution in [3.8, 4) is 0 Å². The van der Waals surface area contributed by atoms with Crippen molar-refractivity contribution in [1.82, 2.24) is 0 Å². The summed E-state index contributed by atoms with van der Waals surface area (Å²) >= 11 is -10.1. The Balaban J connectivity index is -0.000000107. The molecule has 0 fully saturated rings. The molecule has 11 heteroatoms. The Labute approximate surface area is 73.7 Å². The summed E-state index contributed by atoms with van der Waals surface area (Å²) in [6, 6.07) is 0. The molecule has 0 aliphatic carbocycles. The molecule has 4 N–H and O–H groups in total. The van der Waals surface area contributed by atoms with Crippen LogP contribution in [0.4, 0.5) is 0 Å². The molecule has 0 unspecified atom stereocenters. The van der Waals surface area contributed by atoms with Crippen LogP contribution < -0.4 is 8.32 Å². The second-order valence-corrected chi connectivity index (χ2v) is 6.36. The van der Waals surface area contributed by atoms with Crippen LogP contribution >= 0.6 is 20.1 Å². The summed E-state index contributed by atoms with van der Waals surface area (Å²) in [6.45, 7) is 0. The Morgan fingerprint density at radius 1 is 0.818 bits per heavy atom. The van der Waals surface area contributed by atoms with Crippen LogP contribution in [0.15, 0.2) is 0 Å². The fourth-order valence-corrected chi connectivity index (χ4v) is 0. The van der Waals surface area contributed by atoms with E-state index in [4.69, 9.17) is 23.5 Å². The Bertz CT molecular complexity index is 211. The van der Waals surface area contributed by atoms with Gasteiger partial charge in [0, 0.05) is 0 Å². The van der Waals surface area contributed by atoms with Crippen molar-refractivity contribution >= 4 is 20.1 Å². The van der Waals surface area contributed by atoms with Crippen molar-refractivity contribution in [2.24, 2.45) is 0 Å². The predicted octanol–water partition coefficient (Wildman–Crippen LogP) is -2.67. The van der Waals surface area contributed by atoms with E-state index in [0.29, 0.717) is 0 Å². The van der Waals surface area contributed by atoms with Gasteiger partial charge in [-0.25, -0.2) is 0 Å². The first-order chi connectivity index (χ1) is 4.00. The van der Waals surface area contributed by atoms with Gasteiger partial charge in [0.15, 0.2) is 0 Å². The molecule has 0 saturated heterocycles. The van der Waals surface area contributed by atoms with E-state index in [9.17, 15) is 0 Å². The Hall–Kier alpha value is 0.725.